The Kier molecular flexibility index (Phi) is 3.82. The number of nitrogens with two attached hydrogens (primary N) is 1. The fourth-order valence-corrected chi connectivity index (χ4v) is 1.39. The monoisotopic (exact) mass is 260 g/mol. The zero-order valence-electron chi connectivity index (χ0n) is 9.96. The Morgan fingerprint density at radius 1 is 1.21 bits per heavy atom. The smallest absolute Gasteiger partial charge is 0.291 e. The van der Waals surface area contributed by atoms with Gasteiger partial charge < -0.3 is 20.2 Å². The molecule has 6 heteroatoms. The van der Waals surface area contributed by atoms with Crippen LogP contribution in [0.4, 0.5) is 5.69 Å². The molecule has 0 radical (unpaired) electrons. The van der Waals surface area contributed by atoms with Crippen molar-refractivity contribution in [3.63, 3.8) is 0 Å². The summed E-state index contributed by atoms with van der Waals surface area (Å²) in [5.74, 6) is -0.158. The molecular weight excluding hydrogens is 248 g/mol. The van der Waals surface area contributed by atoms with Gasteiger partial charge in [0.25, 0.3) is 11.8 Å². The third kappa shape index (κ3) is 3.60. The van der Waals surface area contributed by atoms with Gasteiger partial charge in [0.1, 0.15) is 5.75 Å². The summed E-state index contributed by atoms with van der Waals surface area (Å²) in [7, 11) is 0. The Bertz CT molecular complexity index is 561. The summed E-state index contributed by atoms with van der Waals surface area (Å²) in [6.45, 7) is -0.182. The number of hydrogen-bond acceptors (Lipinski definition) is 4. The van der Waals surface area contributed by atoms with Crippen molar-refractivity contribution >= 4 is 17.5 Å². The van der Waals surface area contributed by atoms with Crippen LogP contribution in [-0.4, -0.2) is 18.4 Å². The van der Waals surface area contributed by atoms with Crippen LogP contribution in [0, 0.1) is 0 Å². The zero-order chi connectivity index (χ0) is 13.7. The highest BCUT2D eigenvalue weighted by molar-refractivity contribution is 6.02. The molecule has 19 heavy (non-hydrogen) atoms. The van der Waals surface area contributed by atoms with Crippen LogP contribution in [0.3, 0.4) is 0 Å². The van der Waals surface area contributed by atoms with Crippen LogP contribution in [0.15, 0.2) is 47.1 Å². The molecule has 0 aliphatic carbocycles. The first-order valence-electron chi connectivity index (χ1n) is 5.51. The van der Waals surface area contributed by atoms with E-state index in [4.69, 9.17) is 14.9 Å². The minimum absolute atomic E-state index is 0.182. The highest BCUT2D eigenvalue weighted by atomic mass is 16.5. The third-order valence-corrected chi connectivity index (χ3v) is 2.24. The third-order valence-electron chi connectivity index (χ3n) is 2.24. The van der Waals surface area contributed by atoms with Gasteiger partial charge in [0, 0.05) is 5.69 Å². The lowest BCUT2D eigenvalue weighted by molar-refractivity contribution is -0.119. The van der Waals surface area contributed by atoms with Crippen LogP contribution in [0.1, 0.15) is 10.6 Å². The second kappa shape index (κ2) is 5.72. The number of nitrogens with one attached hydrogen (secondary N) is 1. The van der Waals surface area contributed by atoms with Gasteiger partial charge in [-0.25, -0.2) is 0 Å². The fraction of sp³-hybridized carbons (Fsp3) is 0.0769. The lowest BCUT2D eigenvalue weighted by Gasteiger charge is -2.06. The van der Waals surface area contributed by atoms with Crippen LogP contribution in [0.2, 0.25) is 0 Å². The molecule has 2 amide bonds. The van der Waals surface area contributed by atoms with Crippen molar-refractivity contribution in [2.75, 3.05) is 11.9 Å². The van der Waals surface area contributed by atoms with Gasteiger partial charge >= 0.3 is 0 Å². The van der Waals surface area contributed by atoms with Crippen molar-refractivity contribution < 1.29 is 18.7 Å². The molecular formula is C13H12N2O4. The Morgan fingerprint density at radius 3 is 2.53 bits per heavy atom. The molecule has 0 saturated heterocycles. The zero-order valence-corrected chi connectivity index (χ0v) is 9.96. The molecule has 2 aromatic rings. The number of furan rings is 1. The second-order valence-electron chi connectivity index (χ2n) is 3.71. The molecule has 1 aromatic carbocycles. The van der Waals surface area contributed by atoms with Crippen LogP contribution in [-0.2, 0) is 4.79 Å². The molecule has 0 atom stereocenters. The quantitative estimate of drug-likeness (QED) is 0.849. The lowest BCUT2D eigenvalue weighted by atomic mass is 10.3. The molecule has 0 saturated carbocycles. The second-order valence-corrected chi connectivity index (χ2v) is 3.71. The summed E-state index contributed by atoms with van der Waals surface area (Å²) in [5, 5.41) is 2.66. The number of primary amides is 1. The van der Waals surface area contributed by atoms with Crippen molar-refractivity contribution in [2.24, 2.45) is 5.73 Å². The van der Waals surface area contributed by atoms with Gasteiger partial charge in [0.2, 0.25) is 0 Å². The van der Waals surface area contributed by atoms with E-state index in [1.807, 2.05) is 0 Å². The molecule has 0 spiro atoms. The van der Waals surface area contributed by atoms with E-state index in [2.05, 4.69) is 5.32 Å². The Morgan fingerprint density at radius 2 is 1.95 bits per heavy atom. The van der Waals surface area contributed by atoms with Crippen molar-refractivity contribution in [1.29, 1.82) is 0 Å². The van der Waals surface area contributed by atoms with E-state index < -0.39 is 5.91 Å². The van der Waals surface area contributed by atoms with E-state index in [0.717, 1.165) is 0 Å². The van der Waals surface area contributed by atoms with Crippen LogP contribution in [0.25, 0.3) is 0 Å². The number of rotatable bonds is 5. The van der Waals surface area contributed by atoms with Gasteiger partial charge in [-0.1, -0.05) is 0 Å². The standard InChI is InChI=1S/C13H12N2O4/c14-12(16)8-19-10-5-3-9(4-6-10)15-13(17)11-2-1-7-18-11/h1-7H,8H2,(H2,14,16)(H,15,17). The number of benzene rings is 1. The highest BCUT2D eigenvalue weighted by Gasteiger charge is 2.08. The maximum atomic E-state index is 11.7. The molecule has 0 bridgehead atoms. The number of anilines is 1. The first-order chi connectivity index (χ1) is 9.15. The van der Waals surface area contributed by atoms with Gasteiger partial charge in [-0.2, -0.15) is 0 Å². The average molecular weight is 260 g/mol. The molecule has 6 nitrogen and oxygen atoms in total. The number of carbonyl (C=O) groups is 2. The molecule has 3 N–H and O–H groups in total. The summed E-state index contributed by atoms with van der Waals surface area (Å²) in [6.07, 6.45) is 1.43. The molecule has 0 unspecified atom stereocenters. The van der Waals surface area contributed by atoms with Gasteiger partial charge in [-0.05, 0) is 36.4 Å². The van der Waals surface area contributed by atoms with Crippen molar-refractivity contribution in [2.45, 2.75) is 0 Å². The normalized spacial score (nSPS) is 9.89. The molecule has 98 valence electrons. The minimum atomic E-state index is -0.546. The van der Waals surface area contributed by atoms with E-state index in [-0.39, 0.29) is 18.3 Å². The first kappa shape index (κ1) is 12.7. The van der Waals surface area contributed by atoms with Crippen LogP contribution >= 0.6 is 0 Å². The maximum absolute atomic E-state index is 11.7. The number of hydrogen-bond donors (Lipinski definition) is 2. The van der Waals surface area contributed by atoms with Crippen molar-refractivity contribution in [1.82, 2.24) is 0 Å². The summed E-state index contributed by atoms with van der Waals surface area (Å²) in [4.78, 5) is 22.2. The van der Waals surface area contributed by atoms with Crippen molar-refractivity contribution in [3.8, 4) is 5.75 Å². The Balaban J connectivity index is 1.95. The largest absolute Gasteiger partial charge is 0.484 e. The van der Waals surface area contributed by atoms with Gasteiger partial charge in [-0.3, -0.25) is 9.59 Å². The maximum Gasteiger partial charge on any atom is 0.291 e. The van der Waals surface area contributed by atoms with Gasteiger partial charge in [0.05, 0.1) is 6.26 Å². The predicted molar refractivity (Wildman–Crippen MR) is 67.8 cm³/mol. The number of carbonyl (C=O) groups excluding carboxylic acids is 2. The summed E-state index contributed by atoms with van der Waals surface area (Å²) in [6, 6.07) is 9.76. The molecule has 0 fully saturated rings. The minimum Gasteiger partial charge on any atom is -0.484 e. The molecule has 1 aromatic heterocycles. The van der Waals surface area contributed by atoms with E-state index >= 15 is 0 Å². The Hall–Kier alpha value is -2.76. The highest BCUT2D eigenvalue weighted by Crippen LogP contribution is 2.16. The van der Waals surface area contributed by atoms with E-state index in [0.29, 0.717) is 11.4 Å². The van der Waals surface area contributed by atoms with Crippen molar-refractivity contribution in [3.05, 3.63) is 48.4 Å². The molecule has 0 aliphatic rings. The number of amides is 2. The number of ether oxygens (including phenoxy) is 1. The average Bonchev–Trinajstić information content (AvgIpc) is 2.92. The summed E-state index contributed by atoms with van der Waals surface area (Å²) in [5.41, 5.74) is 5.55. The summed E-state index contributed by atoms with van der Waals surface area (Å²) < 4.78 is 10.1. The van der Waals surface area contributed by atoms with E-state index in [9.17, 15) is 9.59 Å². The van der Waals surface area contributed by atoms with Gasteiger partial charge in [0.15, 0.2) is 12.4 Å². The van der Waals surface area contributed by atoms with Gasteiger partial charge in [-0.15, -0.1) is 0 Å². The molecule has 1 heterocycles. The fourth-order valence-electron chi connectivity index (χ4n) is 1.39. The molecule has 2 rings (SSSR count). The Labute approximate surface area is 109 Å². The van der Waals surface area contributed by atoms with Crippen LogP contribution in [0.5, 0.6) is 5.75 Å². The summed E-state index contributed by atoms with van der Waals surface area (Å²) >= 11 is 0. The van der Waals surface area contributed by atoms with Crippen LogP contribution < -0.4 is 15.8 Å². The van der Waals surface area contributed by atoms with E-state index in [1.54, 1.807) is 36.4 Å². The molecule has 0 aliphatic heterocycles. The lowest BCUT2D eigenvalue weighted by Crippen LogP contribution is -2.20. The first-order valence-corrected chi connectivity index (χ1v) is 5.51. The van der Waals surface area contributed by atoms with E-state index in [1.165, 1.54) is 6.26 Å². The SMILES string of the molecule is NC(=O)COc1ccc(NC(=O)c2ccco2)cc1. The predicted octanol–water partition coefficient (Wildman–Crippen LogP) is 1.40. The topological polar surface area (TPSA) is 94.6 Å².